The highest BCUT2D eigenvalue weighted by molar-refractivity contribution is 7.78. The topological polar surface area (TPSA) is 111 Å². The van der Waals surface area contributed by atoms with Gasteiger partial charge in [-0.3, -0.25) is 9.59 Å². The van der Waals surface area contributed by atoms with E-state index in [2.05, 4.69) is 10.6 Å². The minimum absolute atomic E-state index is 0.189. The number of rotatable bonds is 11. The summed E-state index contributed by atoms with van der Waals surface area (Å²) in [7, 11) is 0.524. The van der Waals surface area contributed by atoms with Gasteiger partial charge in [-0.2, -0.15) is 0 Å². The summed E-state index contributed by atoms with van der Waals surface area (Å²) in [6.07, 6.45) is 2.20. The van der Waals surface area contributed by atoms with Crippen molar-refractivity contribution in [3.63, 3.8) is 0 Å². The van der Waals surface area contributed by atoms with E-state index in [0.29, 0.717) is 39.9 Å². The standard InChI is InChI=1S/C24H33N2O6PS2/c1-8-16(22(28)26-19-15(5)13-35-21(19)24(30)32-7)33(9-2,10-3)11-17(27)25-18-14(4)12-34-20(18)23(29)31-6/h12-13,16H,8-11H2,1-7H3,(H-,25,26,27,28,29,30)/p+1. The van der Waals surface area contributed by atoms with Crippen molar-refractivity contribution < 1.29 is 28.7 Å². The second-order valence-electron chi connectivity index (χ2n) is 8.20. The molecule has 35 heavy (non-hydrogen) atoms. The van der Waals surface area contributed by atoms with E-state index in [1.165, 1.54) is 36.9 Å². The normalized spacial score (nSPS) is 12.1. The minimum Gasteiger partial charge on any atom is -0.465 e. The molecule has 0 bridgehead atoms. The van der Waals surface area contributed by atoms with E-state index in [0.717, 1.165) is 11.1 Å². The van der Waals surface area contributed by atoms with E-state index in [1.807, 2.05) is 34.6 Å². The van der Waals surface area contributed by atoms with E-state index in [1.54, 1.807) is 10.8 Å². The number of hydrogen-bond acceptors (Lipinski definition) is 8. The number of aryl methyl sites for hydroxylation is 2. The molecule has 2 heterocycles. The number of methoxy groups -OCH3 is 2. The number of nitrogens with one attached hydrogen (secondary N) is 2. The maximum atomic E-state index is 13.5. The number of esters is 2. The molecule has 2 aromatic rings. The van der Waals surface area contributed by atoms with Crippen LogP contribution in [0, 0.1) is 13.8 Å². The Morgan fingerprint density at radius 1 is 0.857 bits per heavy atom. The first-order valence-corrected chi connectivity index (χ1v) is 15.5. The van der Waals surface area contributed by atoms with E-state index in [9.17, 15) is 19.2 Å². The predicted octanol–water partition coefficient (Wildman–Crippen LogP) is 5.41. The number of amides is 2. The van der Waals surface area contributed by atoms with Crippen LogP contribution in [0.4, 0.5) is 11.4 Å². The maximum absolute atomic E-state index is 13.5. The molecule has 2 rings (SSSR count). The molecule has 0 fully saturated rings. The number of carbonyl (C=O) groups is 4. The van der Waals surface area contributed by atoms with E-state index >= 15 is 0 Å². The number of carbonyl (C=O) groups excluding carboxylic acids is 4. The summed E-state index contributed by atoms with van der Waals surface area (Å²) >= 11 is 2.45. The Kier molecular flexibility index (Phi) is 10.4. The second-order valence-corrected chi connectivity index (χ2v) is 14.6. The molecule has 8 nitrogen and oxygen atoms in total. The van der Waals surface area contributed by atoms with Crippen LogP contribution in [0.5, 0.6) is 0 Å². The van der Waals surface area contributed by atoms with Gasteiger partial charge >= 0.3 is 11.9 Å². The Morgan fingerprint density at radius 2 is 1.31 bits per heavy atom. The molecule has 0 spiro atoms. The predicted molar refractivity (Wildman–Crippen MR) is 145 cm³/mol. The largest absolute Gasteiger partial charge is 0.465 e. The summed E-state index contributed by atoms with van der Waals surface area (Å²) in [4.78, 5) is 51.7. The van der Waals surface area contributed by atoms with Gasteiger partial charge in [-0.15, -0.1) is 22.7 Å². The van der Waals surface area contributed by atoms with Crippen molar-refractivity contribution >= 4 is 65.1 Å². The average Bonchev–Trinajstić information content (AvgIpc) is 3.39. The van der Waals surface area contributed by atoms with E-state index in [4.69, 9.17) is 9.47 Å². The Labute approximate surface area is 215 Å². The molecular weight excluding hydrogens is 507 g/mol. The number of hydrogen-bond donors (Lipinski definition) is 2. The molecule has 0 saturated heterocycles. The van der Waals surface area contributed by atoms with Crippen LogP contribution in [-0.4, -0.2) is 62.1 Å². The molecule has 0 saturated carbocycles. The Hall–Kier alpha value is -2.29. The molecule has 0 radical (unpaired) electrons. The zero-order valence-corrected chi connectivity index (χ0v) is 23.8. The highest BCUT2D eigenvalue weighted by Crippen LogP contribution is 2.63. The fraction of sp³-hybridized carbons (Fsp3) is 0.500. The summed E-state index contributed by atoms with van der Waals surface area (Å²) in [5, 5.41) is 9.48. The Morgan fingerprint density at radius 3 is 1.71 bits per heavy atom. The molecule has 2 aromatic heterocycles. The molecule has 0 aromatic carbocycles. The molecule has 0 aliphatic rings. The summed E-state index contributed by atoms with van der Waals surface area (Å²) < 4.78 is 9.70. The molecule has 0 aliphatic carbocycles. The van der Waals surface area contributed by atoms with Crippen molar-refractivity contribution in [1.29, 1.82) is 0 Å². The van der Waals surface area contributed by atoms with Gasteiger partial charge in [-0.1, -0.05) is 6.92 Å². The zero-order valence-electron chi connectivity index (χ0n) is 21.3. The second kappa shape index (κ2) is 12.6. The van der Waals surface area contributed by atoms with Crippen LogP contribution in [-0.2, 0) is 19.1 Å². The molecule has 1 atom stereocenters. The van der Waals surface area contributed by atoms with Crippen LogP contribution < -0.4 is 10.6 Å². The summed E-state index contributed by atoms with van der Waals surface area (Å²) in [6.45, 7) is 9.64. The van der Waals surface area contributed by atoms with Crippen LogP contribution in [0.1, 0.15) is 57.7 Å². The lowest BCUT2D eigenvalue weighted by atomic mass is 10.2. The summed E-state index contributed by atoms with van der Waals surface area (Å²) in [6, 6.07) is 0. The van der Waals surface area contributed by atoms with Gasteiger partial charge in [0.1, 0.15) is 21.6 Å². The van der Waals surface area contributed by atoms with Crippen LogP contribution in [0.3, 0.4) is 0 Å². The third-order valence-corrected chi connectivity index (χ3v) is 13.8. The van der Waals surface area contributed by atoms with Crippen molar-refractivity contribution in [1.82, 2.24) is 0 Å². The van der Waals surface area contributed by atoms with Gasteiger partial charge in [0, 0.05) is 7.26 Å². The van der Waals surface area contributed by atoms with Gasteiger partial charge in [-0.25, -0.2) is 9.59 Å². The lowest BCUT2D eigenvalue weighted by Gasteiger charge is -2.31. The first-order chi connectivity index (χ1) is 16.6. The number of thiophene rings is 2. The number of anilines is 2. The zero-order chi connectivity index (χ0) is 26.3. The molecular formula is C24H34N2O6PS2+. The fourth-order valence-corrected chi connectivity index (χ4v) is 10.0. The van der Waals surface area contributed by atoms with Gasteiger partial charge < -0.3 is 20.1 Å². The first kappa shape index (κ1) is 28.9. The van der Waals surface area contributed by atoms with Crippen molar-refractivity contribution in [3.05, 3.63) is 31.6 Å². The smallest absolute Gasteiger partial charge is 0.350 e. The molecule has 1 unspecified atom stereocenters. The third-order valence-electron chi connectivity index (χ3n) is 6.27. The van der Waals surface area contributed by atoms with Gasteiger partial charge in [-0.05, 0) is 56.0 Å². The first-order valence-electron chi connectivity index (χ1n) is 11.4. The molecule has 2 amide bonds. The number of ether oxygens (including phenoxy) is 2. The van der Waals surface area contributed by atoms with Gasteiger partial charge in [0.15, 0.2) is 0 Å². The van der Waals surface area contributed by atoms with Crippen LogP contribution in [0.2, 0.25) is 0 Å². The van der Waals surface area contributed by atoms with Crippen LogP contribution >= 0.6 is 29.9 Å². The highest BCUT2D eigenvalue weighted by Gasteiger charge is 2.48. The monoisotopic (exact) mass is 541 g/mol. The third kappa shape index (κ3) is 6.29. The summed E-state index contributed by atoms with van der Waals surface area (Å²) in [5.74, 6) is -1.40. The van der Waals surface area contributed by atoms with Crippen molar-refractivity contribution in [2.75, 3.05) is 43.3 Å². The van der Waals surface area contributed by atoms with Crippen LogP contribution in [0.25, 0.3) is 0 Å². The lowest BCUT2D eigenvalue weighted by Crippen LogP contribution is -2.36. The molecule has 11 heteroatoms. The van der Waals surface area contributed by atoms with Crippen molar-refractivity contribution in [2.45, 2.75) is 46.7 Å². The minimum atomic E-state index is -2.09. The van der Waals surface area contributed by atoms with Crippen LogP contribution in [0.15, 0.2) is 10.8 Å². The van der Waals surface area contributed by atoms with Gasteiger partial charge in [0.25, 0.3) is 11.8 Å². The van der Waals surface area contributed by atoms with E-state index in [-0.39, 0.29) is 23.6 Å². The van der Waals surface area contributed by atoms with Gasteiger partial charge in [0.2, 0.25) is 0 Å². The maximum Gasteiger partial charge on any atom is 0.350 e. The van der Waals surface area contributed by atoms with Crippen molar-refractivity contribution in [2.24, 2.45) is 0 Å². The fourth-order valence-electron chi connectivity index (χ4n) is 4.18. The van der Waals surface area contributed by atoms with E-state index < -0.39 is 19.2 Å². The van der Waals surface area contributed by atoms with Gasteiger partial charge in [0.05, 0.1) is 37.9 Å². The lowest BCUT2D eigenvalue weighted by molar-refractivity contribution is -0.115. The van der Waals surface area contributed by atoms with Crippen molar-refractivity contribution in [3.8, 4) is 0 Å². The SMILES string of the molecule is CCC(C(=O)Nc1c(C)csc1C(=O)OC)[P+](CC)(CC)CC(=O)Nc1c(C)csc1C(=O)OC. The average molecular weight is 542 g/mol. The Bertz CT molecular complexity index is 1090. The highest BCUT2D eigenvalue weighted by atomic mass is 32.1. The molecule has 2 N–H and O–H groups in total. The quantitative estimate of drug-likeness (QED) is 0.291. The Balaban J connectivity index is 2.30. The molecule has 192 valence electrons. The summed E-state index contributed by atoms with van der Waals surface area (Å²) in [5.41, 5.74) is 2.14. The molecule has 0 aliphatic heterocycles.